The van der Waals surface area contributed by atoms with Gasteiger partial charge in [0, 0.05) is 39.1 Å². The Morgan fingerprint density at radius 3 is 2.71 bits per heavy atom. The first kappa shape index (κ1) is 15.3. The van der Waals surface area contributed by atoms with Gasteiger partial charge in [-0.3, -0.25) is 14.6 Å². The highest BCUT2D eigenvalue weighted by molar-refractivity contribution is 5.93. The van der Waals surface area contributed by atoms with Gasteiger partial charge in [0.05, 0.1) is 5.92 Å². The van der Waals surface area contributed by atoms with Gasteiger partial charge in [0.15, 0.2) is 0 Å². The molecule has 6 heteroatoms. The second-order valence-corrected chi connectivity index (χ2v) is 5.88. The SMILES string of the molecule is CC1CC(C(=O)O)CN(C(=O)c2cc(N(C)C)ccn2)C1. The van der Waals surface area contributed by atoms with Crippen LogP contribution in [0.25, 0.3) is 0 Å². The molecular weight excluding hydrogens is 270 g/mol. The number of nitrogens with zero attached hydrogens (tertiary/aromatic N) is 3. The van der Waals surface area contributed by atoms with Crippen molar-refractivity contribution in [2.24, 2.45) is 11.8 Å². The maximum atomic E-state index is 12.5. The third kappa shape index (κ3) is 3.51. The van der Waals surface area contributed by atoms with Gasteiger partial charge >= 0.3 is 5.97 Å². The van der Waals surface area contributed by atoms with Crippen molar-refractivity contribution in [3.8, 4) is 0 Å². The molecule has 1 aromatic rings. The van der Waals surface area contributed by atoms with Crippen LogP contribution in [-0.2, 0) is 4.79 Å². The van der Waals surface area contributed by atoms with Crippen molar-refractivity contribution in [3.05, 3.63) is 24.0 Å². The second-order valence-electron chi connectivity index (χ2n) is 5.88. The largest absolute Gasteiger partial charge is 0.481 e. The van der Waals surface area contributed by atoms with Gasteiger partial charge in [-0.25, -0.2) is 0 Å². The van der Waals surface area contributed by atoms with E-state index >= 15 is 0 Å². The molecule has 1 N–H and O–H groups in total. The average molecular weight is 291 g/mol. The van der Waals surface area contributed by atoms with E-state index in [2.05, 4.69) is 4.98 Å². The minimum absolute atomic E-state index is 0.181. The maximum absolute atomic E-state index is 12.5. The van der Waals surface area contributed by atoms with Crippen molar-refractivity contribution in [1.82, 2.24) is 9.88 Å². The number of amides is 1. The lowest BCUT2D eigenvalue weighted by molar-refractivity contribution is -0.143. The molecule has 6 nitrogen and oxygen atoms in total. The predicted molar refractivity (Wildman–Crippen MR) is 79.4 cm³/mol. The minimum Gasteiger partial charge on any atom is -0.481 e. The molecule has 1 amide bonds. The molecule has 0 saturated carbocycles. The fourth-order valence-corrected chi connectivity index (χ4v) is 2.67. The van der Waals surface area contributed by atoms with Crippen molar-refractivity contribution in [2.75, 3.05) is 32.1 Å². The lowest BCUT2D eigenvalue weighted by Crippen LogP contribution is -2.45. The standard InChI is InChI=1S/C15H21N3O3/c1-10-6-11(15(20)21)9-18(8-10)14(19)13-7-12(17(2)3)4-5-16-13/h4-5,7,10-11H,6,8-9H2,1-3H3,(H,20,21). The molecule has 1 saturated heterocycles. The lowest BCUT2D eigenvalue weighted by atomic mass is 9.90. The maximum Gasteiger partial charge on any atom is 0.308 e. The fraction of sp³-hybridized carbons (Fsp3) is 0.533. The smallest absolute Gasteiger partial charge is 0.308 e. The normalized spacial score (nSPS) is 22.0. The summed E-state index contributed by atoms with van der Waals surface area (Å²) in [5.74, 6) is -1.35. The number of piperidine rings is 1. The van der Waals surface area contributed by atoms with Gasteiger partial charge in [-0.05, 0) is 24.5 Å². The minimum atomic E-state index is -0.839. The Hall–Kier alpha value is -2.11. The van der Waals surface area contributed by atoms with E-state index in [1.54, 1.807) is 17.2 Å². The number of pyridine rings is 1. The van der Waals surface area contributed by atoms with Crippen LogP contribution in [0.4, 0.5) is 5.69 Å². The summed E-state index contributed by atoms with van der Waals surface area (Å²) in [6.07, 6.45) is 2.22. The van der Waals surface area contributed by atoms with Crippen LogP contribution in [0, 0.1) is 11.8 Å². The first-order chi connectivity index (χ1) is 9.88. The molecule has 1 fully saturated rings. The van der Waals surface area contributed by atoms with E-state index < -0.39 is 11.9 Å². The number of rotatable bonds is 3. The molecule has 1 aliphatic rings. The van der Waals surface area contributed by atoms with Gasteiger partial charge in [-0.1, -0.05) is 6.92 Å². The number of likely N-dealkylation sites (tertiary alicyclic amines) is 1. The topological polar surface area (TPSA) is 73.7 Å². The summed E-state index contributed by atoms with van der Waals surface area (Å²) in [5.41, 5.74) is 1.26. The van der Waals surface area contributed by atoms with Crippen LogP contribution in [0.5, 0.6) is 0 Å². The Balaban J connectivity index is 2.19. The average Bonchev–Trinajstić information content (AvgIpc) is 2.45. The highest BCUT2D eigenvalue weighted by Gasteiger charge is 2.32. The molecule has 2 atom stereocenters. The number of carbonyl (C=O) groups excluding carboxylic acids is 1. The van der Waals surface area contributed by atoms with Gasteiger partial charge in [-0.2, -0.15) is 0 Å². The Bertz CT molecular complexity index is 545. The molecule has 0 radical (unpaired) electrons. The molecule has 2 unspecified atom stereocenters. The first-order valence-electron chi connectivity index (χ1n) is 7.04. The number of aromatic nitrogens is 1. The summed E-state index contributed by atoms with van der Waals surface area (Å²) in [5, 5.41) is 9.18. The van der Waals surface area contributed by atoms with Gasteiger partial charge in [0.2, 0.25) is 0 Å². The zero-order valence-electron chi connectivity index (χ0n) is 12.6. The van der Waals surface area contributed by atoms with E-state index in [9.17, 15) is 14.7 Å². The fourth-order valence-electron chi connectivity index (χ4n) is 2.67. The lowest BCUT2D eigenvalue weighted by Gasteiger charge is -2.34. The van der Waals surface area contributed by atoms with Crippen molar-refractivity contribution < 1.29 is 14.7 Å². The Morgan fingerprint density at radius 1 is 1.38 bits per heavy atom. The number of carboxylic acids is 1. The van der Waals surface area contributed by atoms with Crippen LogP contribution in [0.2, 0.25) is 0 Å². The summed E-state index contributed by atoms with van der Waals surface area (Å²) in [4.78, 5) is 31.4. The zero-order valence-corrected chi connectivity index (χ0v) is 12.6. The van der Waals surface area contributed by atoms with E-state index in [1.807, 2.05) is 32.0 Å². The molecular formula is C15H21N3O3. The molecule has 114 valence electrons. The van der Waals surface area contributed by atoms with Gasteiger partial charge in [-0.15, -0.1) is 0 Å². The van der Waals surface area contributed by atoms with E-state index in [0.717, 1.165) is 5.69 Å². The second kappa shape index (κ2) is 6.11. The predicted octanol–water partition coefficient (Wildman–Crippen LogP) is 1.33. The van der Waals surface area contributed by atoms with Crippen LogP contribution in [0.1, 0.15) is 23.8 Å². The van der Waals surface area contributed by atoms with Crippen LogP contribution in [-0.4, -0.2) is 54.1 Å². The van der Waals surface area contributed by atoms with Crippen LogP contribution in [0.3, 0.4) is 0 Å². The molecule has 0 spiro atoms. The van der Waals surface area contributed by atoms with E-state index in [0.29, 0.717) is 18.7 Å². The molecule has 1 aromatic heterocycles. The van der Waals surface area contributed by atoms with Gasteiger partial charge in [0.1, 0.15) is 5.69 Å². The summed E-state index contributed by atoms with van der Waals surface area (Å²) in [6, 6.07) is 3.56. The molecule has 0 aliphatic carbocycles. The third-order valence-corrected chi connectivity index (χ3v) is 3.78. The Kier molecular flexibility index (Phi) is 4.45. The van der Waals surface area contributed by atoms with Crippen molar-refractivity contribution >= 4 is 17.6 Å². The summed E-state index contributed by atoms with van der Waals surface area (Å²) >= 11 is 0. The number of hydrogen-bond acceptors (Lipinski definition) is 4. The van der Waals surface area contributed by atoms with Crippen LogP contribution < -0.4 is 4.90 Å². The van der Waals surface area contributed by atoms with Crippen molar-refractivity contribution in [1.29, 1.82) is 0 Å². The van der Waals surface area contributed by atoms with E-state index in [1.165, 1.54) is 0 Å². The molecule has 0 aromatic carbocycles. The number of carbonyl (C=O) groups is 2. The highest BCUT2D eigenvalue weighted by atomic mass is 16.4. The first-order valence-corrected chi connectivity index (χ1v) is 7.04. The number of hydrogen-bond donors (Lipinski definition) is 1. The van der Waals surface area contributed by atoms with Gasteiger partial charge < -0.3 is 14.9 Å². The van der Waals surface area contributed by atoms with E-state index in [4.69, 9.17) is 0 Å². The van der Waals surface area contributed by atoms with Crippen LogP contribution in [0.15, 0.2) is 18.3 Å². The summed E-state index contributed by atoms with van der Waals surface area (Å²) < 4.78 is 0. The highest BCUT2D eigenvalue weighted by Crippen LogP contribution is 2.23. The van der Waals surface area contributed by atoms with Crippen molar-refractivity contribution in [2.45, 2.75) is 13.3 Å². The quantitative estimate of drug-likeness (QED) is 0.909. The number of aliphatic carboxylic acids is 1. The molecule has 1 aliphatic heterocycles. The molecule has 0 bridgehead atoms. The number of carboxylic acid groups (broad SMARTS) is 1. The molecule has 21 heavy (non-hydrogen) atoms. The summed E-state index contributed by atoms with van der Waals surface area (Å²) in [7, 11) is 3.79. The number of anilines is 1. The zero-order chi connectivity index (χ0) is 15.6. The van der Waals surface area contributed by atoms with Gasteiger partial charge in [0.25, 0.3) is 5.91 Å². The van der Waals surface area contributed by atoms with Crippen molar-refractivity contribution in [3.63, 3.8) is 0 Å². The Labute approximate surface area is 124 Å². The molecule has 2 heterocycles. The molecule has 2 rings (SSSR count). The third-order valence-electron chi connectivity index (χ3n) is 3.78. The van der Waals surface area contributed by atoms with Crippen LogP contribution >= 0.6 is 0 Å². The monoisotopic (exact) mass is 291 g/mol. The van der Waals surface area contributed by atoms with E-state index in [-0.39, 0.29) is 18.4 Å². The summed E-state index contributed by atoms with van der Waals surface area (Å²) in [6.45, 7) is 2.81. The Morgan fingerprint density at radius 2 is 2.10 bits per heavy atom.